The van der Waals surface area contributed by atoms with Gasteiger partial charge in [-0.1, -0.05) is 50.7 Å². The number of hydrazine groups is 2. The summed E-state index contributed by atoms with van der Waals surface area (Å²) in [6, 6.07) is -1.17. The van der Waals surface area contributed by atoms with Gasteiger partial charge in [0, 0.05) is 25.0 Å². The first kappa shape index (κ1) is 25.5. The van der Waals surface area contributed by atoms with E-state index in [-0.39, 0.29) is 0 Å². The maximum atomic E-state index is 10.9. The Bertz CT molecular complexity index is 572. The Balaban J connectivity index is 2.32. The molecule has 30 heavy (non-hydrogen) atoms. The Morgan fingerprint density at radius 2 is 1.27 bits per heavy atom. The Kier molecular flexibility index (Phi) is 13.0. The smallest absolute Gasteiger partial charge is 0.328 e. The molecule has 0 saturated heterocycles. The van der Waals surface area contributed by atoms with Gasteiger partial charge in [-0.25, -0.2) is 21.3 Å². The highest BCUT2D eigenvalue weighted by atomic mass is 16.2. The van der Waals surface area contributed by atoms with Crippen LogP contribution in [0.15, 0.2) is 36.2 Å². The lowest BCUT2D eigenvalue weighted by Gasteiger charge is -2.21. The van der Waals surface area contributed by atoms with Crippen molar-refractivity contribution in [3.63, 3.8) is 0 Å². The van der Waals surface area contributed by atoms with Gasteiger partial charge in [0.2, 0.25) is 0 Å². The minimum absolute atomic E-state index is 0.477. The van der Waals surface area contributed by atoms with E-state index in [1.807, 2.05) is 18.4 Å². The summed E-state index contributed by atoms with van der Waals surface area (Å²) in [5.41, 5.74) is 11.5. The third-order valence-electron chi connectivity index (χ3n) is 5.25. The van der Waals surface area contributed by atoms with Crippen LogP contribution in [0.5, 0.6) is 0 Å². The first-order valence-corrected chi connectivity index (χ1v) is 10.8. The average molecular weight is 422 g/mol. The molecule has 9 N–H and O–H groups in total. The number of unbranched alkanes of at least 4 members (excludes halogenated alkanes) is 6. The van der Waals surface area contributed by atoms with Gasteiger partial charge in [0.1, 0.15) is 0 Å². The number of hydrogen-bond acceptors (Lipinski definition) is 5. The van der Waals surface area contributed by atoms with E-state index in [4.69, 9.17) is 23.2 Å². The Hall–Kier alpha value is -2.52. The number of carbonyl (C=O) groups is 2. The van der Waals surface area contributed by atoms with E-state index < -0.39 is 12.1 Å². The first-order chi connectivity index (χ1) is 14.4. The van der Waals surface area contributed by atoms with E-state index in [1.165, 1.54) is 5.70 Å². The van der Waals surface area contributed by atoms with Crippen LogP contribution in [0.2, 0.25) is 0 Å². The molecule has 0 aromatic carbocycles. The Morgan fingerprint density at radius 3 is 1.77 bits per heavy atom. The molecule has 1 aliphatic rings. The Labute approximate surface area is 180 Å². The summed E-state index contributed by atoms with van der Waals surface area (Å²) >= 11 is 0. The molecule has 0 aromatic heterocycles. The number of carbonyl (C=O) groups excluding carboxylic acids is 2. The summed E-state index contributed by atoms with van der Waals surface area (Å²) in [6.45, 7) is 0.994. The van der Waals surface area contributed by atoms with Gasteiger partial charge in [-0.2, -0.15) is 0 Å². The van der Waals surface area contributed by atoms with E-state index in [0.29, 0.717) is 19.0 Å². The number of primary amides is 2. The van der Waals surface area contributed by atoms with E-state index in [2.05, 4.69) is 17.5 Å². The molecule has 0 atom stereocenters. The maximum Gasteiger partial charge on any atom is 0.328 e. The fourth-order valence-electron chi connectivity index (χ4n) is 3.45. The average Bonchev–Trinajstić information content (AvgIpc) is 3.00. The summed E-state index contributed by atoms with van der Waals surface area (Å²) in [6.07, 6.45) is 20.7. The van der Waals surface area contributed by atoms with Crippen molar-refractivity contribution in [2.24, 2.45) is 29.1 Å². The lowest BCUT2D eigenvalue weighted by molar-refractivity contribution is 0.207. The predicted octanol–water partition coefficient (Wildman–Crippen LogP) is 2.57. The molecule has 9 nitrogen and oxygen atoms in total. The highest BCUT2D eigenvalue weighted by molar-refractivity contribution is 5.71. The zero-order valence-electron chi connectivity index (χ0n) is 18.0. The lowest BCUT2D eigenvalue weighted by Crippen LogP contribution is -2.41. The molecule has 0 bridgehead atoms. The summed E-state index contributed by atoms with van der Waals surface area (Å²) in [7, 11) is 0. The van der Waals surface area contributed by atoms with Crippen molar-refractivity contribution in [2.45, 2.75) is 64.2 Å². The molecule has 4 amide bonds. The fraction of sp³-hybridized carbons (Fsp3) is 0.619. The summed E-state index contributed by atoms with van der Waals surface area (Å²) in [5.74, 6) is 11.5. The van der Waals surface area contributed by atoms with Gasteiger partial charge in [-0.15, -0.1) is 0 Å². The quantitative estimate of drug-likeness (QED) is 0.119. The van der Waals surface area contributed by atoms with Crippen molar-refractivity contribution >= 4 is 12.1 Å². The molecular weight excluding hydrogens is 382 g/mol. The molecular formula is C21H39N7O2. The third-order valence-corrected chi connectivity index (χ3v) is 5.25. The standard InChI is InChI=1S/C21H39N7O2/c22-20(29)27(24)16-10-3-1-6-12-18(19-14-8-5-9-15-26-19)13-7-2-4-11-17-28(25)21(23)30/h5,8-9,14-15,18,26H,1-4,6-7,10-13,16-17,24-25H2,(H2,22,29)(H2,23,30). The monoisotopic (exact) mass is 421 g/mol. The van der Waals surface area contributed by atoms with Crippen LogP contribution < -0.4 is 28.5 Å². The van der Waals surface area contributed by atoms with Crippen LogP contribution in [-0.4, -0.2) is 35.2 Å². The van der Waals surface area contributed by atoms with E-state index in [0.717, 1.165) is 74.2 Å². The zero-order chi connectivity index (χ0) is 22.2. The molecule has 9 heteroatoms. The van der Waals surface area contributed by atoms with Gasteiger partial charge in [0.05, 0.1) is 0 Å². The molecule has 0 saturated carbocycles. The number of rotatable bonds is 15. The van der Waals surface area contributed by atoms with Crippen molar-refractivity contribution in [3.05, 3.63) is 36.2 Å². The minimum atomic E-state index is -0.587. The second-order valence-electron chi connectivity index (χ2n) is 7.68. The van der Waals surface area contributed by atoms with Crippen LogP contribution in [0.3, 0.4) is 0 Å². The number of amides is 4. The molecule has 0 aromatic rings. The van der Waals surface area contributed by atoms with Gasteiger partial charge >= 0.3 is 12.1 Å². The second-order valence-corrected chi connectivity index (χ2v) is 7.68. The van der Waals surface area contributed by atoms with E-state index in [1.54, 1.807) is 0 Å². The molecule has 1 rings (SSSR count). The summed E-state index contributed by atoms with van der Waals surface area (Å²) in [4.78, 5) is 21.8. The van der Waals surface area contributed by atoms with Crippen LogP contribution in [0.4, 0.5) is 9.59 Å². The SMILES string of the molecule is NC(=O)N(N)CCCCCCC(CCCCCCN(N)C(N)=O)C1=CC=CC=CN1. The molecule has 1 heterocycles. The molecule has 0 radical (unpaired) electrons. The molecule has 1 aliphatic heterocycles. The van der Waals surface area contributed by atoms with E-state index in [9.17, 15) is 9.59 Å². The predicted molar refractivity (Wildman–Crippen MR) is 120 cm³/mol. The summed E-state index contributed by atoms with van der Waals surface area (Å²) < 4.78 is 0. The Morgan fingerprint density at radius 1 is 0.767 bits per heavy atom. The van der Waals surface area contributed by atoms with Gasteiger partial charge in [0.15, 0.2) is 0 Å². The van der Waals surface area contributed by atoms with Gasteiger partial charge in [-0.3, -0.25) is 10.0 Å². The van der Waals surface area contributed by atoms with Crippen molar-refractivity contribution in [3.8, 4) is 0 Å². The maximum absolute atomic E-state index is 10.9. The van der Waals surface area contributed by atoms with Crippen LogP contribution in [0.25, 0.3) is 0 Å². The molecule has 0 unspecified atom stereocenters. The minimum Gasteiger partial charge on any atom is -0.365 e. The normalized spacial score (nSPS) is 13.0. The van der Waals surface area contributed by atoms with Crippen LogP contribution in [0, 0.1) is 5.92 Å². The van der Waals surface area contributed by atoms with Crippen LogP contribution >= 0.6 is 0 Å². The van der Waals surface area contributed by atoms with Crippen molar-refractivity contribution in [1.82, 2.24) is 15.3 Å². The highest BCUT2D eigenvalue weighted by Gasteiger charge is 2.14. The van der Waals surface area contributed by atoms with Crippen LogP contribution in [0.1, 0.15) is 64.2 Å². The van der Waals surface area contributed by atoms with Crippen molar-refractivity contribution in [1.29, 1.82) is 0 Å². The zero-order valence-corrected chi connectivity index (χ0v) is 18.0. The number of hydrogen-bond donors (Lipinski definition) is 5. The third kappa shape index (κ3) is 11.5. The number of urea groups is 2. The largest absolute Gasteiger partial charge is 0.365 e. The number of nitrogens with zero attached hydrogens (tertiary/aromatic N) is 2. The molecule has 0 fully saturated rings. The topological polar surface area (TPSA) is 157 Å². The summed E-state index contributed by atoms with van der Waals surface area (Å²) in [5, 5.41) is 5.54. The number of nitrogens with one attached hydrogen (secondary N) is 1. The highest BCUT2D eigenvalue weighted by Crippen LogP contribution is 2.25. The lowest BCUT2D eigenvalue weighted by atomic mass is 9.91. The molecule has 0 spiro atoms. The van der Waals surface area contributed by atoms with Gasteiger partial charge in [0.25, 0.3) is 0 Å². The number of allylic oxidation sites excluding steroid dienone is 5. The van der Waals surface area contributed by atoms with Crippen molar-refractivity contribution in [2.75, 3.05) is 13.1 Å². The molecule has 170 valence electrons. The van der Waals surface area contributed by atoms with Gasteiger partial charge < -0.3 is 16.8 Å². The first-order valence-electron chi connectivity index (χ1n) is 10.8. The fourth-order valence-corrected chi connectivity index (χ4v) is 3.45. The molecule has 0 aliphatic carbocycles. The number of nitrogens with two attached hydrogens (primary N) is 4. The van der Waals surface area contributed by atoms with Crippen molar-refractivity contribution < 1.29 is 9.59 Å². The van der Waals surface area contributed by atoms with Gasteiger partial charge in [-0.05, 0) is 43.8 Å². The van der Waals surface area contributed by atoms with Crippen LogP contribution in [-0.2, 0) is 0 Å². The van der Waals surface area contributed by atoms with E-state index >= 15 is 0 Å². The second kappa shape index (κ2) is 15.3.